The van der Waals surface area contributed by atoms with Crippen molar-refractivity contribution in [3.63, 3.8) is 0 Å². The third-order valence-corrected chi connectivity index (χ3v) is 8.31. The molecule has 1 aromatic carbocycles. The number of thioether (sulfide) groups is 1. The average Bonchev–Trinajstić information content (AvgIpc) is 3.10. The molecular formula is C27H37N4O6S+. The fourth-order valence-electron chi connectivity index (χ4n) is 4.46. The van der Waals surface area contributed by atoms with Crippen molar-refractivity contribution >= 4 is 35.5 Å². The Morgan fingerprint density at radius 1 is 1.18 bits per heavy atom. The van der Waals surface area contributed by atoms with Crippen molar-refractivity contribution in [2.45, 2.75) is 69.8 Å². The van der Waals surface area contributed by atoms with Crippen LogP contribution in [0, 0.1) is 13.8 Å². The molecule has 2 amide bonds. The van der Waals surface area contributed by atoms with Crippen molar-refractivity contribution in [3.8, 4) is 0 Å². The quantitative estimate of drug-likeness (QED) is 0.329. The number of likely N-dealkylation sites (tertiary alicyclic amines) is 1. The molecule has 1 aromatic heterocycles. The van der Waals surface area contributed by atoms with E-state index in [1.165, 1.54) is 16.7 Å². The van der Waals surface area contributed by atoms with Crippen molar-refractivity contribution in [2.75, 3.05) is 12.3 Å². The maximum atomic E-state index is 13.0. The first kappa shape index (κ1) is 29.2. The third-order valence-electron chi connectivity index (χ3n) is 7.04. The number of carbonyl (C=O) groups is 4. The fourth-order valence-corrected chi connectivity index (χ4v) is 5.56. The molecule has 1 aliphatic heterocycles. The lowest BCUT2D eigenvalue weighted by molar-refractivity contribution is -0.715. The van der Waals surface area contributed by atoms with Crippen LogP contribution < -0.4 is 9.88 Å². The largest absolute Gasteiger partial charge is 0.480 e. The van der Waals surface area contributed by atoms with Crippen LogP contribution in [0.15, 0.2) is 35.5 Å². The van der Waals surface area contributed by atoms with Gasteiger partial charge in [-0.3, -0.25) is 14.5 Å². The van der Waals surface area contributed by atoms with E-state index in [4.69, 9.17) is 4.74 Å². The molecule has 2 N–H and O–H groups in total. The van der Waals surface area contributed by atoms with Gasteiger partial charge in [-0.2, -0.15) is 0 Å². The number of Topliss-reactive ketones (excluding diaryl/α,β-unsaturated/α-hetero) is 1. The second-order valence-electron chi connectivity index (χ2n) is 9.58. The number of rotatable bonds is 11. The number of hydrogen-bond acceptors (Lipinski definition) is 6. The number of benzene rings is 1. The lowest BCUT2D eigenvalue weighted by Crippen LogP contribution is -2.55. The standard InChI is InChI=1S/C27H36N4O6S/c1-18-19(2)30(4)26(29(18)3)38-17-21(32)13-14-22(25(34)35)28-24(33)23-12-8-9-15-31(23)27(36)37-16-20-10-6-5-7-11-20/h5-7,10-11,22-23H,8-9,12-17H2,1-4H3,(H-,28,33,34,35)/p+1. The summed E-state index contributed by atoms with van der Waals surface area (Å²) in [6, 6.07) is 7.20. The number of carboxylic acid groups (broad SMARTS) is 1. The summed E-state index contributed by atoms with van der Waals surface area (Å²) in [4.78, 5) is 51.6. The Bertz CT molecular complexity index is 1140. The van der Waals surface area contributed by atoms with Gasteiger partial charge < -0.3 is 15.2 Å². The van der Waals surface area contributed by atoms with Crippen LogP contribution in [0.25, 0.3) is 0 Å². The predicted molar refractivity (Wildman–Crippen MR) is 142 cm³/mol. The molecule has 0 radical (unpaired) electrons. The summed E-state index contributed by atoms with van der Waals surface area (Å²) in [6.07, 6.45) is 1.28. The molecule has 1 fully saturated rings. The zero-order valence-electron chi connectivity index (χ0n) is 22.4. The second kappa shape index (κ2) is 13.5. The molecule has 38 heavy (non-hydrogen) atoms. The Kier molecular flexibility index (Phi) is 10.3. The monoisotopic (exact) mass is 545 g/mol. The minimum absolute atomic E-state index is 0.0177. The van der Waals surface area contributed by atoms with Gasteiger partial charge in [0.05, 0.1) is 19.8 Å². The molecule has 0 aliphatic carbocycles. The molecular weight excluding hydrogens is 508 g/mol. The number of nitrogens with zero attached hydrogens (tertiary/aromatic N) is 3. The smallest absolute Gasteiger partial charge is 0.410 e. The summed E-state index contributed by atoms with van der Waals surface area (Å²) in [6.45, 7) is 4.46. The van der Waals surface area contributed by atoms with Crippen molar-refractivity contribution in [1.29, 1.82) is 0 Å². The molecule has 2 aromatic rings. The summed E-state index contributed by atoms with van der Waals surface area (Å²) in [5.41, 5.74) is 3.05. The highest BCUT2D eigenvalue weighted by molar-refractivity contribution is 7.99. The minimum atomic E-state index is -1.23. The van der Waals surface area contributed by atoms with Gasteiger partial charge in [0.2, 0.25) is 5.91 Å². The Balaban J connectivity index is 1.53. The fraction of sp³-hybridized carbons (Fsp3) is 0.519. The van der Waals surface area contributed by atoms with E-state index < -0.39 is 30.1 Å². The van der Waals surface area contributed by atoms with Crippen LogP contribution in [-0.2, 0) is 39.8 Å². The van der Waals surface area contributed by atoms with Gasteiger partial charge in [0.1, 0.15) is 35.9 Å². The third kappa shape index (κ3) is 7.37. The number of carboxylic acids is 1. The topological polar surface area (TPSA) is 122 Å². The van der Waals surface area contributed by atoms with E-state index in [2.05, 4.69) is 5.32 Å². The number of nitrogens with one attached hydrogen (secondary N) is 1. The van der Waals surface area contributed by atoms with Gasteiger partial charge in [-0.05, 0) is 43.0 Å². The lowest BCUT2D eigenvalue weighted by atomic mass is 10.0. The van der Waals surface area contributed by atoms with Gasteiger partial charge in [0, 0.05) is 26.8 Å². The van der Waals surface area contributed by atoms with Gasteiger partial charge in [0.15, 0.2) is 0 Å². The molecule has 3 rings (SSSR count). The molecule has 2 unspecified atom stereocenters. The van der Waals surface area contributed by atoms with Gasteiger partial charge >= 0.3 is 17.2 Å². The van der Waals surface area contributed by atoms with E-state index in [1.807, 2.05) is 67.4 Å². The number of amides is 2. The Morgan fingerprint density at radius 3 is 2.53 bits per heavy atom. The van der Waals surface area contributed by atoms with E-state index >= 15 is 0 Å². The first-order valence-electron chi connectivity index (χ1n) is 12.8. The second-order valence-corrected chi connectivity index (χ2v) is 10.5. The molecule has 206 valence electrons. The van der Waals surface area contributed by atoms with Crippen LogP contribution in [0.4, 0.5) is 4.79 Å². The molecule has 10 nitrogen and oxygen atoms in total. The summed E-state index contributed by atoms with van der Waals surface area (Å²) in [5.74, 6) is -1.66. The molecule has 11 heteroatoms. The number of carbonyl (C=O) groups excluding carboxylic acids is 3. The normalized spacial score (nSPS) is 16.1. The molecule has 1 saturated heterocycles. The molecule has 0 bridgehead atoms. The number of imidazole rings is 1. The predicted octanol–water partition coefficient (Wildman–Crippen LogP) is 2.67. The van der Waals surface area contributed by atoms with E-state index in [0.717, 1.165) is 34.9 Å². The molecule has 2 heterocycles. The number of ketones is 1. The Morgan fingerprint density at radius 2 is 1.89 bits per heavy atom. The summed E-state index contributed by atoms with van der Waals surface area (Å²) in [7, 11) is 3.88. The van der Waals surface area contributed by atoms with Crippen LogP contribution in [0.2, 0.25) is 0 Å². The maximum Gasteiger partial charge on any atom is 0.410 e. The number of aromatic nitrogens is 2. The number of piperidine rings is 1. The van der Waals surface area contributed by atoms with Gasteiger partial charge in [-0.1, -0.05) is 30.3 Å². The molecule has 2 atom stereocenters. The number of hydrogen-bond donors (Lipinski definition) is 2. The highest BCUT2D eigenvalue weighted by Gasteiger charge is 2.35. The van der Waals surface area contributed by atoms with Gasteiger partial charge in [-0.25, -0.2) is 18.7 Å². The van der Waals surface area contributed by atoms with Crippen molar-refractivity contribution in [3.05, 3.63) is 47.3 Å². The summed E-state index contributed by atoms with van der Waals surface area (Å²) >= 11 is 1.40. The first-order chi connectivity index (χ1) is 18.1. The van der Waals surface area contributed by atoms with Gasteiger partial charge in [0.25, 0.3) is 0 Å². The van der Waals surface area contributed by atoms with E-state index in [9.17, 15) is 24.3 Å². The zero-order chi connectivity index (χ0) is 27.8. The van der Waals surface area contributed by atoms with Crippen LogP contribution in [0.1, 0.15) is 49.1 Å². The average molecular weight is 546 g/mol. The van der Waals surface area contributed by atoms with Crippen LogP contribution in [0.5, 0.6) is 0 Å². The van der Waals surface area contributed by atoms with E-state index in [-0.39, 0.29) is 31.0 Å². The SMILES string of the molecule is Cc1c(C)[n+](C)c(SCC(=O)CCC(NC(=O)C2CCCCN2C(=O)OCc2ccccc2)C(=O)O)n1C. The number of ether oxygens (including phenoxy) is 1. The van der Waals surface area contributed by atoms with Crippen molar-refractivity contribution < 1.29 is 33.6 Å². The summed E-state index contributed by atoms with van der Waals surface area (Å²) in [5, 5.41) is 13.2. The molecule has 0 spiro atoms. The maximum absolute atomic E-state index is 13.0. The Hall–Kier alpha value is -3.34. The minimum Gasteiger partial charge on any atom is -0.480 e. The lowest BCUT2D eigenvalue weighted by Gasteiger charge is -2.34. The zero-order valence-corrected chi connectivity index (χ0v) is 23.3. The molecule has 0 saturated carbocycles. The van der Waals surface area contributed by atoms with E-state index in [0.29, 0.717) is 13.0 Å². The Labute approximate surface area is 227 Å². The van der Waals surface area contributed by atoms with Crippen LogP contribution in [0.3, 0.4) is 0 Å². The van der Waals surface area contributed by atoms with Gasteiger partial charge in [-0.15, -0.1) is 0 Å². The van der Waals surface area contributed by atoms with Crippen LogP contribution >= 0.6 is 11.8 Å². The van der Waals surface area contributed by atoms with Crippen molar-refractivity contribution in [2.24, 2.45) is 14.1 Å². The first-order valence-corrected chi connectivity index (χ1v) is 13.8. The highest BCUT2D eigenvalue weighted by Crippen LogP contribution is 2.20. The highest BCUT2D eigenvalue weighted by atomic mass is 32.2. The number of aliphatic carboxylic acids is 1. The molecule has 1 aliphatic rings. The van der Waals surface area contributed by atoms with E-state index in [1.54, 1.807) is 0 Å². The van der Waals surface area contributed by atoms with Crippen molar-refractivity contribution in [1.82, 2.24) is 14.8 Å². The summed E-state index contributed by atoms with van der Waals surface area (Å²) < 4.78 is 9.45. The van der Waals surface area contributed by atoms with Crippen LogP contribution in [-0.4, -0.2) is 62.7 Å².